The number of alkyl halides is 1. The van der Waals surface area contributed by atoms with Gasteiger partial charge >= 0.3 is 0 Å². The summed E-state index contributed by atoms with van der Waals surface area (Å²) in [5.74, 6) is -0.644. The van der Waals surface area contributed by atoms with E-state index < -0.39 is 30.7 Å². The Kier molecular flexibility index (Phi) is 5.60. The minimum absolute atomic E-state index is 0.108. The summed E-state index contributed by atoms with van der Waals surface area (Å²) < 4.78 is 0. The first-order chi connectivity index (χ1) is 5.54. The van der Waals surface area contributed by atoms with Crippen LogP contribution in [-0.4, -0.2) is 56.5 Å². The van der Waals surface area contributed by atoms with E-state index in [0.29, 0.717) is 0 Å². The number of ketones is 1. The Morgan fingerprint density at radius 1 is 1.33 bits per heavy atom. The zero-order valence-corrected chi connectivity index (χ0v) is 7.81. The Labute approximate surface area is 77.8 Å². The van der Waals surface area contributed by atoms with Gasteiger partial charge < -0.3 is 20.4 Å². The van der Waals surface area contributed by atoms with Crippen molar-refractivity contribution < 1.29 is 25.2 Å². The van der Waals surface area contributed by atoms with Crippen molar-refractivity contribution >= 4 is 21.7 Å². The van der Waals surface area contributed by atoms with Gasteiger partial charge in [-0.2, -0.15) is 0 Å². The molecule has 0 radical (unpaired) electrons. The minimum atomic E-state index is -1.66. The van der Waals surface area contributed by atoms with Crippen LogP contribution in [0.1, 0.15) is 0 Å². The molecule has 0 aliphatic heterocycles. The third kappa shape index (κ3) is 3.16. The van der Waals surface area contributed by atoms with Gasteiger partial charge in [0.15, 0.2) is 5.78 Å². The van der Waals surface area contributed by atoms with Crippen LogP contribution in [0.2, 0.25) is 0 Å². The van der Waals surface area contributed by atoms with Crippen LogP contribution in [0, 0.1) is 0 Å². The topological polar surface area (TPSA) is 98.0 Å². The molecule has 0 spiro atoms. The Balaban J connectivity index is 4.08. The molecule has 4 N–H and O–H groups in total. The van der Waals surface area contributed by atoms with Crippen LogP contribution in [0.25, 0.3) is 0 Å². The first-order valence-corrected chi connectivity index (χ1v) is 4.40. The van der Waals surface area contributed by atoms with Gasteiger partial charge in [0.1, 0.15) is 18.3 Å². The highest BCUT2D eigenvalue weighted by Crippen LogP contribution is 2.02. The summed E-state index contributed by atoms with van der Waals surface area (Å²) in [6, 6.07) is 0. The molecule has 0 bridgehead atoms. The number of carbonyl (C=O) groups is 1. The summed E-state index contributed by atoms with van der Waals surface area (Å²) in [5, 5.41) is 35.0. The largest absolute Gasteiger partial charge is 0.394 e. The van der Waals surface area contributed by atoms with E-state index in [-0.39, 0.29) is 5.33 Å². The lowest BCUT2D eigenvalue weighted by atomic mass is 10.1. The number of halogens is 1. The van der Waals surface area contributed by atoms with Gasteiger partial charge in [-0.25, -0.2) is 0 Å². The Morgan fingerprint density at radius 3 is 2.17 bits per heavy atom. The molecule has 0 aromatic carbocycles. The maximum Gasteiger partial charge on any atom is 0.174 e. The molecule has 0 heterocycles. The highest BCUT2D eigenvalue weighted by Gasteiger charge is 2.28. The first-order valence-electron chi connectivity index (χ1n) is 3.28. The molecular weight excluding hydrogens is 232 g/mol. The Bertz CT molecular complexity index is 151. The molecule has 0 unspecified atom stereocenters. The maximum absolute atomic E-state index is 10.7. The number of Topliss-reactive ketones (excluding diaryl/α,β-unsaturated/α-hetero) is 1. The molecule has 5 nitrogen and oxygen atoms in total. The normalized spacial score (nSPS) is 18.4. The van der Waals surface area contributed by atoms with Crippen LogP contribution in [0.3, 0.4) is 0 Å². The van der Waals surface area contributed by atoms with Crippen molar-refractivity contribution in [2.75, 3.05) is 11.9 Å². The molecule has 12 heavy (non-hydrogen) atoms. The van der Waals surface area contributed by atoms with Crippen molar-refractivity contribution in [1.29, 1.82) is 0 Å². The summed E-state index contributed by atoms with van der Waals surface area (Å²) in [7, 11) is 0. The van der Waals surface area contributed by atoms with E-state index in [4.69, 9.17) is 20.4 Å². The van der Waals surface area contributed by atoms with Crippen molar-refractivity contribution in [3.05, 3.63) is 0 Å². The number of rotatable bonds is 5. The highest BCUT2D eigenvalue weighted by atomic mass is 79.9. The fraction of sp³-hybridized carbons (Fsp3) is 0.833. The summed E-state index contributed by atoms with van der Waals surface area (Å²) >= 11 is 2.79. The number of hydrogen-bond acceptors (Lipinski definition) is 5. The zero-order valence-electron chi connectivity index (χ0n) is 6.22. The Hall–Kier alpha value is -0.0100. The lowest BCUT2D eigenvalue weighted by molar-refractivity contribution is -0.137. The SMILES string of the molecule is O=C(CBr)[C@@H](O)[C@H](O)[C@H](O)CO. The molecule has 0 fully saturated rings. The predicted molar refractivity (Wildman–Crippen MR) is 43.9 cm³/mol. The molecule has 0 saturated heterocycles. The number of carbonyl (C=O) groups excluding carboxylic acids is 1. The first kappa shape index (κ1) is 12.0. The number of aliphatic hydroxyl groups is 4. The monoisotopic (exact) mass is 242 g/mol. The number of hydrogen-bond donors (Lipinski definition) is 4. The van der Waals surface area contributed by atoms with E-state index in [1.165, 1.54) is 0 Å². The van der Waals surface area contributed by atoms with Gasteiger partial charge in [-0.3, -0.25) is 4.79 Å². The Morgan fingerprint density at radius 2 is 1.83 bits per heavy atom. The van der Waals surface area contributed by atoms with Crippen molar-refractivity contribution in [2.45, 2.75) is 18.3 Å². The van der Waals surface area contributed by atoms with E-state index in [0.717, 1.165) is 0 Å². The number of aliphatic hydroxyl groups excluding tert-OH is 4. The van der Waals surface area contributed by atoms with Crippen LogP contribution in [0.4, 0.5) is 0 Å². The van der Waals surface area contributed by atoms with Gasteiger partial charge in [-0.15, -0.1) is 0 Å². The average molecular weight is 243 g/mol. The fourth-order valence-corrected chi connectivity index (χ4v) is 0.920. The van der Waals surface area contributed by atoms with Crippen LogP contribution >= 0.6 is 15.9 Å². The molecule has 6 heteroatoms. The van der Waals surface area contributed by atoms with Crippen molar-refractivity contribution in [3.63, 3.8) is 0 Å². The van der Waals surface area contributed by atoms with Crippen LogP contribution in [-0.2, 0) is 4.79 Å². The molecule has 0 aliphatic rings. The zero-order chi connectivity index (χ0) is 9.72. The average Bonchev–Trinajstić information content (AvgIpc) is 2.12. The summed E-state index contributed by atoms with van der Waals surface area (Å²) in [6.45, 7) is -0.701. The third-order valence-corrected chi connectivity index (χ3v) is 1.92. The molecular formula is C6H11BrO5. The second-order valence-electron chi connectivity index (χ2n) is 2.29. The van der Waals surface area contributed by atoms with Gasteiger partial charge in [0.05, 0.1) is 11.9 Å². The molecule has 0 amide bonds. The summed E-state index contributed by atoms with van der Waals surface area (Å²) in [4.78, 5) is 10.7. The lowest BCUT2D eigenvalue weighted by Gasteiger charge is -2.19. The van der Waals surface area contributed by atoms with Crippen LogP contribution < -0.4 is 0 Å². The van der Waals surface area contributed by atoms with Crippen molar-refractivity contribution in [2.24, 2.45) is 0 Å². The van der Waals surface area contributed by atoms with Gasteiger partial charge in [-0.1, -0.05) is 15.9 Å². The molecule has 0 aromatic rings. The molecule has 72 valence electrons. The molecule has 0 rings (SSSR count). The van der Waals surface area contributed by atoms with Gasteiger partial charge in [0.25, 0.3) is 0 Å². The predicted octanol–water partition coefficient (Wildman–Crippen LogP) is -1.97. The van der Waals surface area contributed by atoms with Crippen molar-refractivity contribution in [1.82, 2.24) is 0 Å². The van der Waals surface area contributed by atoms with Crippen molar-refractivity contribution in [3.8, 4) is 0 Å². The quantitative estimate of drug-likeness (QED) is 0.420. The molecule has 3 atom stereocenters. The third-order valence-electron chi connectivity index (χ3n) is 1.37. The van der Waals surface area contributed by atoms with Crippen LogP contribution in [0.5, 0.6) is 0 Å². The van der Waals surface area contributed by atoms with Gasteiger partial charge in [0.2, 0.25) is 0 Å². The van der Waals surface area contributed by atoms with Gasteiger partial charge in [0, 0.05) is 0 Å². The highest BCUT2D eigenvalue weighted by molar-refractivity contribution is 9.09. The summed E-state index contributed by atoms with van der Waals surface area (Å²) in [6.07, 6.45) is -4.80. The lowest BCUT2D eigenvalue weighted by Crippen LogP contribution is -2.44. The van der Waals surface area contributed by atoms with Gasteiger partial charge in [-0.05, 0) is 0 Å². The fourth-order valence-electron chi connectivity index (χ4n) is 0.588. The smallest absolute Gasteiger partial charge is 0.174 e. The maximum atomic E-state index is 10.7. The van der Waals surface area contributed by atoms with E-state index >= 15 is 0 Å². The second kappa shape index (κ2) is 5.60. The van der Waals surface area contributed by atoms with E-state index in [1.807, 2.05) is 0 Å². The molecule has 0 aliphatic carbocycles. The van der Waals surface area contributed by atoms with E-state index in [2.05, 4.69) is 15.9 Å². The summed E-state index contributed by atoms with van der Waals surface area (Å²) in [5.41, 5.74) is 0. The second-order valence-corrected chi connectivity index (χ2v) is 2.85. The van der Waals surface area contributed by atoms with Crippen LogP contribution in [0.15, 0.2) is 0 Å². The van der Waals surface area contributed by atoms with E-state index in [9.17, 15) is 4.79 Å². The van der Waals surface area contributed by atoms with E-state index in [1.54, 1.807) is 0 Å². The standard InChI is InChI=1S/C6H11BrO5/c7-1-3(9)5(11)6(12)4(10)2-8/h4-6,8,10-12H,1-2H2/t4-,5-,6-/m1/s1. The molecule has 0 aromatic heterocycles. The molecule has 0 saturated carbocycles. The minimum Gasteiger partial charge on any atom is -0.394 e.